The molecule has 5 rings (SSSR count). The van der Waals surface area contributed by atoms with Gasteiger partial charge in [-0.25, -0.2) is 0 Å². The fraction of sp³-hybridized carbons (Fsp3) is 0.783. The highest BCUT2D eigenvalue weighted by Gasteiger charge is 2.65. The van der Waals surface area contributed by atoms with Crippen LogP contribution in [-0.4, -0.2) is 50.5 Å². The second-order valence-electron chi connectivity index (χ2n) is 9.24. The van der Waals surface area contributed by atoms with Gasteiger partial charge in [-0.3, -0.25) is 4.99 Å². The number of hydrogen-bond donors (Lipinski definition) is 2. The van der Waals surface area contributed by atoms with E-state index in [9.17, 15) is 0 Å². The Kier molecular flexibility index (Phi) is 5.82. The maximum atomic E-state index is 6.15. The first-order chi connectivity index (χ1) is 14.4. The maximum Gasteiger partial charge on any atom is 0.191 e. The lowest BCUT2D eigenvalue weighted by atomic mass is 9.54. The molecular formula is C23H35N3O3. The van der Waals surface area contributed by atoms with Crippen LogP contribution in [0.4, 0.5) is 0 Å². The summed E-state index contributed by atoms with van der Waals surface area (Å²) in [5.41, 5.74) is 0.325. The van der Waals surface area contributed by atoms with E-state index in [2.05, 4.69) is 10.6 Å². The predicted molar refractivity (Wildman–Crippen MR) is 112 cm³/mol. The van der Waals surface area contributed by atoms with Crippen molar-refractivity contribution in [2.75, 3.05) is 26.3 Å². The summed E-state index contributed by atoms with van der Waals surface area (Å²) in [7, 11) is 0. The van der Waals surface area contributed by atoms with Gasteiger partial charge in [0.25, 0.3) is 0 Å². The molecular weight excluding hydrogens is 366 g/mol. The Hall–Kier alpha value is -1.53. The van der Waals surface area contributed by atoms with E-state index in [1.165, 1.54) is 44.9 Å². The van der Waals surface area contributed by atoms with Gasteiger partial charge in [-0.1, -0.05) is 12.8 Å². The molecule has 1 aromatic heterocycles. The number of nitrogens with zero attached hydrogens (tertiary/aromatic N) is 1. The van der Waals surface area contributed by atoms with Gasteiger partial charge >= 0.3 is 0 Å². The van der Waals surface area contributed by atoms with Gasteiger partial charge in [0.2, 0.25) is 0 Å². The molecule has 0 amide bonds. The Bertz CT molecular complexity index is 678. The molecule has 3 heterocycles. The van der Waals surface area contributed by atoms with Crippen molar-refractivity contribution >= 4 is 5.96 Å². The molecule has 2 saturated heterocycles. The van der Waals surface area contributed by atoms with E-state index < -0.39 is 0 Å². The number of nitrogens with one attached hydrogen (secondary N) is 2. The van der Waals surface area contributed by atoms with Gasteiger partial charge in [0.05, 0.1) is 25.0 Å². The highest BCUT2D eigenvalue weighted by molar-refractivity contribution is 5.80. The van der Waals surface area contributed by atoms with Crippen LogP contribution in [0.1, 0.15) is 57.1 Å². The molecule has 1 spiro atoms. The van der Waals surface area contributed by atoms with Crippen LogP contribution < -0.4 is 10.6 Å². The summed E-state index contributed by atoms with van der Waals surface area (Å²) >= 11 is 0. The first kappa shape index (κ1) is 19.4. The molecule has 2 aliphatic carbocycles. The van der Waals surface area contributed by atoms with Crippen molar-refractivity contribution in [3.63, 3.8) is 0 Å². The Balaban J connectivity index is 1.25. The minimum Gasteiger partial charge on any atom is -0.469 e. The molecule has 160 valence electrons. The normalized spacial score (nSPS) is 33.4. The Morgan fingerprint density at radius 1 is 1.10 bits per heavy atom. The SMILES string of the molecule is c1coc(CCNC(=NCC2CCCCO2)NC2C3CCOC3C23CCCC3)c1. The first-order valence-corrected chi connectivity index (χ1v) is 11.7. The highest BCUT2D eigenvalue weighted by Crippen LogP contribution is 2.60. The fourth-order valence-corrected chi connectivity index (χ4v) is 6.11. The molecule has 4 atom stereocenters. The minimum absolute atomic E-state index is 0.261. The van der Waals surface area contributed by atoms with Crippen LogP contribution >= 0.6 is 0 Å². The zero-order valence-corrected chi connectivity index (χ0v) is 17.4. The van der Waals surface area contributed by atoms with Crippen molar-refractivity contribution in [1.82, 2.24) is 10.6 Å². The predicted octanol–water partition coefficient (Wildman–Crippen LogP) is 3.27. The van der Waals surface area contributed by atoms with Gasteiger partial charge in [-0.15, -0.1) is 0 Å². The molecule has 4 fully saturated rings. The number of furan rings is 1. The summed E-state index contributed by atoms with van der Waals surface area (Å²) in [6, 6.07) is 4.46. The minimum atomic E-state index is 0.261. The van der Waals surface area contributed by atoms with Gasteiger partial charge in [0, 0.05) is 43.6 Å². The van der Waals surface area contributed by atoms with Gasteiger partial charge in [-0.05, 0) is 50.7 Å². The third-order valence-corrected chi connectivity index (χ3v) is 7.55. The van der Waals surface area contributed by atoms with E-state index in [-0.39, 0.29) is 6.10 Å². The molecule has 4 unspecified atom stereocenters. The van der Waals surface area contributed by atoms with E-state index in [0.29, 0.717) is 23.5 Å². The molecule has 0 radical (unpaired) electrons. The molecule has 1 aromatic rings. The van der Waals surface area contributed by atoms with Crippen LogP contribution in [0.5, 0.6) is 0 Å². The zero-order valence-electron chi connectivity index (χ0n) is 17.4. The summed E-state index contributed by atoms with van der Waals surface area (Å²) < 4.78 is 17.5. The lowest BCUT2D eigenvalue weighted by Gasteiger charge is -2.57. The van der Waals surface area contributed by atoms with Crippen molar-refractivity contribution in [3.8, 4) is 0 Å². The number of ether oxygens (including phenoxy) is 2. The topological polar surface area (TPSA) is 68.0 Å². The number of hydrogen-bond acceptors (Lipinski definition) is 4. The van der Waals surface area contributed by atoms with E-state index in [4.69, 9.17) is 18.9 Å². The van der Waals surface area contributed by atoms with Crippen molar-refractivity contribution in [2.24, 2.45) is 16.3 Å². The van der Waals surface area contributed by atoms with Crippen LogP contribution in [0.2, 0.25) is 0 Å². The number of fused-ring (bicyclic) bond motifs is 2. The second kappa shape index (κ2) is 8.68. The zero-order chi connectivity index (χ0) is 19.5. The van der Waals surface area contributed by atoms with Crippen LogP contribution in [0.3, 0.4) is 0 Å². The average Bonchev–Trinajstić information content (AvgIpc) is 3.51. The average molecular weight is 402 g/mol. The summed E-state index contributed by atoms with van der Waals surface area (Å²) in [6.45, 7) is 3.35. The fourth-order valence-electron chi connectivity index (χ4n) is 6.11. The molecule has 6 nitrogen and oxygen atoms in total. The molecule has 2 N–H and O–H groups in total. The maximum absolute atomic E-state index is 6.15. The summed E-state index contributed by atoms with van der Waals surface area (Å²) in [5.74, 6) is 2.58. The van der Waals surface area contributed by atoms with E-state index in [1.807, 2.05) is 12.1 Å². The van der Waals surface area contributed by atoms with Gasteiger partial charge in [-0.2, -0.15) is 0 Å². The number of guanidine groups is 1. The first-order valence-electron chi connectivity index (χ1n) is 11.7. The molecule has 0 aromatic carbocycles. The summed E-state index contributed by atoms with van der Waals surface area (Å²) in [4.78, 5) is 4.95. The van der Waals surface area contributed by atoms with E-state index in [0.717, 1.165) is 50.9 Å². The van der Waals surface area contributed by atoms with Crippen molar-refractivity contribution in [1.29, 1.82) is 0 Å². The van der Waals surface area contributed by atoms with Crippen molar-refractivity contribution < 1.29 is 13.9 Å². The standard InChI is InChI=1S/C23H35N3O3/c1-4-13-28-18(6-1)16-25-22(24-12-8-17-7-5-14-27-17)26-20-19-9-15-29-21(19)23(20)10-2-3-11-23/h5,7,14,18-21H,1-4,6,8-13,15-16H2,(H2,24,25,26). The molecule has 6 heteroatoms. The Morgan fingerprint density at radius 3 is 2.83 bits per heavy atom. The summed E-state index contributed by atoms with van der Waals surface area (Å²) in [5, 5.41) is 7.42. The van der Waals surface area contributed by atoms with Crippen LogP contribution in [0.25, 0.3) is 0 Å². The van der Waals surface area contributed by atoms with E-state index in [1.54, 1.807) is 6.26 Å². The quantitative estimate of drug-likeness (QED) is 0.566. The Morgan fingerprint density at radius 2 is 2.03 bits per heavy atom. The molecule has 2 saturated carbocycles. The van der Waals surface area contributed by atoms with Crippen LogP contribution in [0, 0.1) is 11.3 Å². The highest BCUT2D eigenvalue weighted by atomic mass is 16.5. The third kappa shape index (κ3) is 3.93. The lowest BCUT2D eigenvalue weighted by molar-refractivity contribution is -0.125. The van der Waals surface area contributed by atoms with Gasteiger partial charge in [0.1, 0.15) is 5.76 Å². The largest absolute Gasteiger partial charge is 0.469 e. The van der Waals surface area contributed by atoms with Gasteiger partial charge in [0.15, 0.2) is 5.96 Å². The van der Waals surface area contributed by atoms with Crippen molar-refractivity contribution in [2.45, 2.75) is 76.0 Å². The monoisotopic (exact) mass is 401 g/mol. The molecule has 4 aliphatic rings. The van der Waals surface area contributed by atoms with Gasteiger partial charge < -0.3 is 24.5 Å². The third-order valence-electron chi connectivity index (χ3n) is 7.55. The lowest BCUT2D eigenvalue weighted by Crippen LogP contribution is -2.69. The Labute approximate surface area is 173 Å². The number of rotatable bonds is 6. The molecule has 2 aliphatic heterocycles. The van der Waals surface area contributed by atoms with Crippen molar-refractivity contribution in [3.05, 3.63) is 24.2 Å². The number of aliphatic imine (C=N–C) groups is 1. The van der Waals surface area contributed by atoms with Crippen LogP contribution in [0.15, 0.2) is 27.8 Å². The second-order valence-corrected chi connectivity index (χ2v) is 9.24. The molecule has 29 heavy (non-hydrogen) atoms. The van der Waals surface area contributed by atoms with E-state index >= 15 is 0 Å². The van der Waals surface area contributed by atoms with Crippen LogP contribution in [-0.2, 0) is 15.9 Å². The molecule has 0 bridgehead atoms. The smallest absolute Gasteiger partial charge is 0.191 e. The summed E-state index contributed by atoms with van der Waals surface area (Å²) in [6.07, 6.45) is 13.3.